The topological polar surface area (TPSA) is 95.0 Å². The summed E-state index contributed by atoms with van der Waals surface area (Å²) in [5.41, 5.74) is -0.886. The number of hydrogen-bond acceptors (Lipinski definition) is 4. The molecule has 0 bridgehead atoms. The highest BCUT2D eigenvalue weighted by molar-refractivity contribution is 7.89. The van der Waals surface area contributed by atoms with E-state index in [0.29, 0.717) is 25.9 Å². The van der Waals surface area contributed by atoms with Crippen molar-refractivity contribution in [2.75, 3.05) is 25.4 Å². The van der Waals surface area contributed by atoms with Gasteiger partial charge in [0.1, 0.15) is 0 Å². The number of carbonyl (C=O) groups excluding carboxylic acids is 1. The highest BCUT2D eigenvalue weighted by atomic mass is 32.2. The van der Waals surface area contributed by atoms with Gasteiger partial charge >= 0.3 is 5.97 Å². The molecule has 1 aliphatic carbocycles. The molecule has 1 saturated carbocycles. The van der Waals surface area contributed by atoms with Crippen molar-refractivity contribution in [2.45, 2.75) is 57.9 Å². The second-order valence-corrected chi connectivity index (χ2v) is 9.90. The molecule has 7 nitrogen and oxygen atoms in total. The van der Waals surface area contributed by atoms with Gasteiger partial charge in [-0.25, -0.2) is 12.7 Å². The zero-order valence-electron chi connectivity index (χ0n) is 14.8. The summed E-state index contributed by atoms with van der Waals surface area (Å²) in [6.07, 6.45) is 5.49. The van der Waals surface area contributed by atoms with Crippen LogP contribution in [-0.4, -0.2) is 66.0 Å². The van der Waals surface area contributed by atoms with Gasteiger partial charge in [-0.1, -0.05) is 6.42 Å². The van der Waals surface area contributed by atoms with Crippen molar-refractivity contribution in [1.29, 1.82) is 0 Å². The molecule has 3 rings (SSSR count). The summed E-state index contributed by atoms with van der Waals surface area (Å²) in [6.45, 7) is 2.67. The van der Waals surface area contributed by atoms with E-state index in [2.05, 4.69) is 0 Å². The molecule has 3 aliphatic rings. The van der Waals surface area contributed by atoms with Crippen molar-refractivity contribution >= 4 is 21.9 Å². The third-order valence-electron chi connectivity index (χ3n) is 6.40. The fourth-order valence-corrected chi connectivity index (χ4v) is 6.60. The number of carboxylic acids is 1. The maximum absolute atomic E-state index is 12.8. The van der Waals surface area contributed by atoms with Gasteiger partial charge < -0.3 is 10.0 Å². The number of piperidine rings is 1. The van der Waals surface area contributed by atoms with Crippen LogP contribution in [0.3, 0.4) is 0 Å². The number of aliphatic carboxylic acids is 1. The Morgan fingerprint density at radius 2 is 1.96 bits per heavy atom. The lowest BCUT2D eigenvalue weighted by Crippen LogP contribution is -2.44. The molecule has 2 saturated heterocycles. The SMILES string of the molecule is CC(=O)N1CCCCC1CCS(=O)(=O)N1C[C@@H]2CCC[C@@]2(C(=O)O)C1. The third kappa shape index (κ3) is 3.43. The number of nitrogens with zero attached hydrogens (tertiary/aromatic N) is 2. The van der Waals surface area contributed by atoms with E-state index in [1.807, 2.05) is 0 Å². The molecular formula is C17H28N2O5S. The zero-order valence-corrected chi connectivity index (χ0v) is 15.6. The van der Waals surface area contributed by atoms with Crippen LogP contribution in [0.1, 0.15) is 51.9 Å². The van der Waals surface area contributed by atoms with Crippen LogP contribution in [0.4, 0.5) is 0 Å². The molecule has 0 aromatic heterocycles. The van der Waals surface area contributed by atoms with E-state index in [1.54, 1.807) is 4.90 Å². The van der Waals surface area contributed by atoms with Gasteiger partial charge in [0.2, 0.25) is 15.9 Å². The molecule has 3 fully saturated rings. The Morgan fingerprint density at radius 1 is 1.20 bits per heavy atom. The predicted molar refractivity (Wildman–Crippen MR) is 92.4 cm³/mol. The first-order valence-corrected chi connectivity index (χ1v) is 10.9. The minimum atomic E-state index is -3.49. The number of hydrogen-bond donors (Lipinski definition) is 1. The summed E-state index contributed by atoms with van der Waals surface area (Å²) < 4.78 is 26.9. The minimum absolute atomic E-state index is 0.00244. The quantitative estimate of drug-likeness (QED) is 0.785. The first-order valence-electron chi connectivity index (χ1n) is 9.25. The number of sulfonamides is 1. The first kappa shape index (κ1) is 18.6. The molecule has 25 heavy (non-hydrogen) atoms. The van der Waals surface area contributed by atoms with Crippen molar-refractivity contribution in [3.05, 3.63) is 0 Å². The number of carbonyl (C=O) groups is 2. The molecule has 2 heterocycles. The van der Waals surface area contributed by atoms with E-state index in [9.17, 15) is 23.1 Å². The predicted octanol–water partition coefficient (Wildman–Crippen LogP) is 1.29. The Labute approximate surface area is 149 Å². The highest BCUT2D eigenvalue weighted by Crippen LogP contribution is 2.49. The normalized spacial score (nSPS) is 33.4. The average molecular weight is 372 g/mol. The fourth-order valence-electron chi connectivity index (χ4n) is 4.93. The molecule has 2 aliphatic heterocycles. The van der Waals surface area contributed by atoms with Gasteiger partial charge in [0.05, 0.1) is 11.2 Å². The monoisotopic (exact) mass is 372 g/mol. The second-order valence-electron chi connectivity index (χ2n) is 7.81. The zero-order chi connectivity index (χ0) is 18.2. The molecule has 0 aromatic carbocycles. The van der Waals surface area contributed by atoms with Gasteiger partial charge in [0, 0.05) is 32.6 Å². The summed E-state index contributed by atoms with van der Waals surface area (Å²) >= 11 is 0. The van der Waals surface area contributed by atoms with Crippen LogP contribution in [0, 0.1) is 11.3 Å². The van der Waals surface area contributed by atoms with Gasteiger partial charge in [-0.2, -0.15) is 0 Å². The van der Waals surface area contributed by atoms with Gasteiger partial charge in [-0.05, 0) is 44.4 Å². The summed E-state index contributed by atoms with van der Waals surface area (Å²) in [5, 5.41) is 9.62. The maximum Gasteiger partial charge on any atom is 0.311 e. The molecule has 1 N–H and O–H groups in total. The summed E-state index contributed by atoms with van der Waals surface area (Å²) in [7, 11) is -3.49. The van der Waals surface area contributed by atoms with Crippen molar-refractivity contribution in [2.24, 2.45) is 11.3 Å². The maximum atomic E-state index is 12.8. The molecule has 3 atom stereocenters. The molecule has 0 aromatic rings. The van der Waals surface area contributed by atoms with E-state index < -0.39 is 21.4 Å². The molecule has 0 spiro atoms. The van der Waals surface area contributed by atoms with Crippen molar-refractivity contribution in [1.82, 2.24) is 9.21 Å². The van der Waals surface area contributed by atoms with Gasteiger partial charge in [0.15, 0.2) is 0 Å². The van der Waals surface area contributed by atoms with Crippen LogP contribution in [0.5, 0.6) is 0 Å². The molecule has 1 unspecified atom stereocenters. The number of fused-ring (bicyclic) bond motifs is 1. The van der Waals surface area contributed by atoms with E-state index in [0.717, 1.165) is 32.1 Å². The largest absolute Gasteiger partial charge is 0.481 e. The smallest absolute Gasteiger partial charge is 0.311 e. The Kier molecular flexibility index (Phi) is 5.12. The van der Waals surface area contributed by atoms with E-state index in [1.165, 1.54) is 11.2 Å². The van der Waals surface area contributed by atoms with Crippen LogP contribution in [-0.2, 0) is 19.6 Å². The van der Waals surface area contributed by atoms with Crippen molar-refractivity contribution in [3.8, 4) is 0 Å². The summed E-state index contributed by atoms with van der Waals surface area (Å²) in [4.78, 5) is 25.3. The van der Waals surface area contributed by atoms with Crippen molar-refractivity contribution < 1.29 is 23.1 Å². The second kappa shape index (κ2) is 6.87. The Hall–Kier alpha value is -1.15. The van der Waals surface area contributed by atoms with Crippen LogP contribution >= 0.6 is 0 Å². The third-order valence-corrected chi connectivity index (χ3v) is 8.22. The number of rotatable bonds is 5. The van der Waals surface area contributed by atoms with E-state index >= 15 is 0 Å². The van der Waals surface area contributed by atoms with Crippen LogP contribution in [0.25, 0.3) is 0 Å². The molecule has 142 valence electrons. The highest BCUT2D eigenvalue weighted by Gasteiger charge is 2.56. The number of likely N-dealkylation sites (tertiary alicyclic amines) is 1. The Balaban J connectivity index is 1.65. The van der Waals surface area contributed by atoms with Gasteiger partial charge in [-0.3, -0.25) is 9.59 Å². The van der Waals surface area contributed by atoms with E-state index in [-0.39, 0.29) is 30.2 Å². The molecule has 0 radical (unpaired) electrons. The summed E-state index contributed by atoms with van der Waals surface area (Å²) in [5.74, 6) is -0.933. The standard InChI is InChI=1S/C17H28N2O5S/c1-13(20)19-9-3-2-6-15(19)7-10-25(23,24)18-11-14-5-4-8-17(14,12-18)16(21)22/h14-15H,2-12H2,1H3,(H,21,22)/t14-,15?,17+/m0/s1. The van der Waals surface area contributed by atoms with Crippen LogP contribution in [0.15, 0.2) is 0 Å². The lowest BCUT2D eigenvalue weighted by molar-refractivity contribution is -0.149. The average Bonchev–Trinajstić information content (AvgIpc) is 3.12. The molecule has 8 heteroatoms. The van der Waals surface area contributed by atoms with Crippen LogP contribution in [0.2, 0.25) is 0 Å². The molecule has 1 amide bonds. The lowest BCUT2D eigenvalue weighted by Gasteiger charge is -2.35. The summed E-state index contributed by atoms with van der Waals surface area (Å²) in [6, 6.07) is -0.0171. The lowest BCUT2D eigenvalue weighted by atomic mass is 9.81. The Bertz CT molecular complexity index is 649. The van der Waals surface area contributed by atoms with Crippen molar-refractivity contribution in [3.63, 3.8) is 0 Å². The van der Waals surface area contributed by atoms with Gasteiger partial charge in [-0.15, -0.1) is 0 Å². The van der Waals surface area contributed by atoms with E-state index in [4.69, 9.17) is 0 Å². The molecular weight excluding hydrogens is 344 g/mol. The number of amides is 1. The van der Waals surface area contributed by atoms with Gasteiger partial charge in [0.25, 0.3) is 0 Å². The fraction of sp³-hybridized carbons (Fsp3) is 0.882. The minimum Gasteiger partial charge on any atom is -0.481 e. The number of carboxylic acid groups (broad SMARTS) is 1. The first-order chi connectivity index (χ1) is 11.8. The van der Waals surface area contributed by atoms with Crippen LogP contribution < -0.4 is 0 Å². The Morgan fingerprint density at radius 3 is 2.60 bits per heavy atom.